The number of carboxylic acids is 1. The molecule has 1 heterocycles. The highest BCUT2D eigenvalue weighted by molar-refractivity contribution is 5.77. The number of hydrogen-bond acceptors (Lipinski definition) is 4. The summed E-state index contributed by atoms with van der Waals surface area (Å²) < 4.78 is 5.23. The van der Waals surface area contributed by atoms with E-state index in [2.05, 4.69) is 6.07 Å². The number of likely N-dealkylation sites (N-methyl/N-ethyl adjacent to an activating group) is 1. The van der Waals surface area contributed by atoms with Gasteiger partial charge in [-0.05, 0) is 20.8 Å². The average molecular weight is 297 g/mol. The van der Waals surface area contributed by atoms with Gasteiger partial charge in [-0.25, -0.2) is 4.79 Å². The molecule has 1 rings (SSSR count). The van der Waals surface area contributed by atoms with Crippen LogP contribution in [0, 0.1) is 23.2 Å². The van der Waals surface area contributed by atoms with Gasteiger partial charge in [0.15, 0.2) is 0 Å². The van der Waals surface area contributed by atoms with E-state index < -0.39 is 17.9 Å². The van der Waals surface area contributed by atoms with Crippen LogP contribution >= 0.6 is 0 Å². The van der Waals surface area contributed by atoms with Crippen LogP contribution < -0.4 is 0 Å². The summed E-state index contributed by atoms with van der Waals surface area (Å²) in [7, 11) is 0. The van der Waals surface area contributed by atoms with Gasteiger partial charge >= 0.3 is 12.0 Å². The number of amides is 2. The van der Waals surface area contributed by atoms with Crippen molar-refractivity contribution in [3.05, 3.63) is 0 Å². The minimum atomic E-state index is -0.947. The number of carboxylic acid groups (broad SMARTS) is 1. The summed E-state index contributed by atoms with van der Waals surface area (Å²) in [6, 6.07) is 1.42. The maximum Gasteiger partial charge on any atom is 0.320 e. The molecule has 3 unspecified atom stereocenters. The normalized spacial score (nSPS) is 22.4. The first kappa shape index (κ1) is 17.2. The van der Waals surface area contributed by atoms with Gasteiger partial charge in [-0.2, -0.15) is 5.26 Å². The van der Waals surface area contributed by atoms with Crippen LogP contribution in [0.25, 0.3) is 0 Å². The number of urea groups is 1. The van der Waals surface area contributed by atoms with E-state index in [4.69, 9.17) is 10.00 Å². The van der Waals surface area contributed by atoms with Gasteiger partial charge in [0.2, 0.25) is 0 Å². The summed E-state index contributed by atoms with van der Waals surface area (Å²) in [6.07, 6.45) is 0. The molecule has 0 aromatic heterocycles. The van der Waals surface area contributed by atoms with Gasteiger partial charge in [-0.1, -0.05) is 0 Å². The van der Waals surface area contributed by atoms with E-state index in [1.807, 2.05) is 13.8 Å². The molecule has 1 aliphatic heterocycles. The van der Waals surface area contributed by atoms with Gasteiger partial charge in [0.25, 0.3) is 0 Å². The molecule has 1 saturated heterocycles. The number of rotatable bonds is 6. The van der Waals surface area contributed by atoms with Gasteiger partial charge in [0, 0.05) is 19.6 Å². The molecule has 1 aliphatic rings. The molecule has 0 aliphatic carbocycles. The summed E-state index contributed by atoms with van der Waals surface area (Å²) in [4.78, 5) is 27.0. The number of nitrogens with zero attached hydrogens (tertiary/aromatic N) is 3. The van der Waals surface area contributed by atoms with Crippen LogP contribution in [0.2, 0.25) is 0 Å². The van der Waals surface area contributed by atoms with Gasteiger partial charge in [-0.15, -0.1) is 0 Å². The van der Waals surface area contributed by atoms with Gasteiger partial charge in [0.05, 0.1) is 31.2 Å². The molecule has 1 N–H and O–H groups in total. The van der Waals surface area contributed by atoms with Crippen LogP contribution in [-0.2, 0) is 9.53 Å². The van der Waals surface area contributed by atoms with Gasteiger partial charge < -0.3 is 19.6 Å². The first-order valence-corrected chi connectivity index (χ1v) is 7.21. The molecule has 7 nitrogen and oxygen atoms in total. The smallest absolute Gasteiger partial charge is 0.320 e. The molecule has 21 heavy (non-hydrogen) atoms. The quantitative estimate of drug-likeness (QED) is 0.789. The maximum atomic E-state index is 12.6. The van der Waals surface area contributed by atoms with E-state index >= 15 is 0 Å². The first-order chi connectivity index (χ1) is 9.96. The number of hydrogen-bond donors (Lipinski definition) is 1. The molecule has 0 saturated carbocycles. The van der Waals surface area contributed by atoms with Gasteiger partial charge in [-0.3, -0.25) is 4.79 Å². The third-order valence-electron chi connectivity index (χ3n) is 3.72. The average Bonchev–Trinajstić information content (AvgIpc) is 2.94. The van der Waals surface area contributed by atoms with Crippen molar-refractivity contribution in [2.75, 3.05) is 32.8 Å². The molecular weight excluding hydrogens is 274 g/mol. The molecule has 0 spiro atoms. The fourth-order valence-electron chi connectivity index (χ4n) is 2.49. The van der Waals surface area contributed by atoms with E-state index in [-0.39, 0.29) is 25.2 Å². The summed E-state index contributed by atoms with van der Waals surface area (Å²) in [6.45, 7) is 7.01. The van der Waals surface area contributed by atoms with E-state index in [0.717, 1.165) is 0 Å². The Morgan fingerprint density at radius 1 is 1.38 bits per heavy atom. The Kier molecular flexibility index (Phi) is 6.43. The molecule has 0 radical (unpaired) electrons. The van der Waals surface area contributed by atoms with Crippen molar-refractivity contribution in [2.45, 2.75) is 26.8 Å². The Balaban J connectivity index is 2.84. The van der Waals surface area contributed by atoms with Gasteiger partial charge in [0.1, 0.15) is 5.92 Å². The van der Waals surface area contributed by atoms with Crippen molar-refractivity contribution in [1.29, 1.82) is 5.26 Å². The lowest BCUT2D eigenvalue weighted by Crippen LogP contribution is -2.52. The second kappa shape index (κ2) is 7.84. The number of nitriles is 1. The monoisotopic (exact) mass is 297 g/mol. The molecular formula is C14H23N3O4. The Hall–Kier alpha value is -1.81. The Morgan fingerprint density at radius 2 is 2.05 bits per heavy atom. The number of carbonyl (C=O) groups is 2. The second-order valence-electron chi connectivity index (χ2n) is 5.19. The molecule has 7 heteroatoms. The van der Waals surface area contributed by atoms with Crippen molar-refractivity contribution < 1.29 is 19.4 Å². The predicted molar refractivity (Wildman–Crippen MR) is 75.5 cm³/mol. The molecule has 2 amide bonds. The fourth-order valence-corrected chi connectivity index (χ4v) is 2.49. The highest BCUT2D eigenvalue weighted by Crippen LogP contribution is 2.21. The minimum Gasteiger partial charge on any atom is -0.481 e. The largest absolute Gasteiger partial charge is 0.481 e. The Bertz CT molecular complexity index is 421. The van der Waals surface area contributed by atoms with E-state index in [1.54, 1.807) is 16.7 Å². The molecule has 118 valence electrons. The summed E-state index contributed by atoms with van der Waals surface area (Å²) >= 11 is 0. The zero-order valence-electron chi connectivity index (χ0n) is 12.8. The molecule has 0 bridgehead atoms. The van der Waals surface area contributed by atoms with Crippen molar-refractivity contribution in [3.8, 4) is 6.07 Å². The Labute approximate surface area is 125 Å². The fraction of sp³-hybridized carbons (Fsp3) is 0.786. The SMILES string of the molecule is CCN(CC(C)C#N)C(=O)N(CC)C1COCC1C(=O)O. The van der Waals surface area contributed by atoms with Crippen LogP contribution in [0.1, 0.15) is 20.8 Å². The first-order valence-electron chi connectivity index (χ1n) is 7.21. The van der Waals surface area contributed by atoms with E-state index in [9.17, 15) is 14.7 Å². The highest BCUT2D eigenvalue weighted by atomic mass is 16.5. The third-order valence-corrected chi connectivity index (χ3v) is 3.72. The zero-order chi connectivity index (χ0) is 16.0. The van der Waals surface area contributed by atoms with Crippen LogP contribution in [-0.4, -0.2) is 65.8 Å². The zero-order valence-corrected chi connectivity index (χ0v) is 12.8. The minimum absolute atomic E-state index is 0.129. The molecule has 1 fully saturated rings. The predicted octanol–water partition coefficient (Wildman–Crippen LogP) is 1.01. The maximum absolute atomic E-state index is 12.6. The molecule has 3 atom stereocenters. The lowest BCUT2D eigenvalue weighted by Gasteiger charge is -2.34. The Morgan fingerprint density at radius 3 is 2.52 bits per heavy atom. The molecule has 0 aromatic carbocycles. The standard InChI is InChI=1S/C14H23N3O4/c1-4-16(7-10(3)6-15)14(20)17(5-2)12-9-21-8-11(12)13(18)19/h10-12H,4-5,7-9H2,1-3H3,(H,18,19). The van der Waals surface area contributed by atoms with Crippen molar-refractivity contribution in [1.82, 2.24) is 9.80 Å². The van der Waals surface area contributed by atoms with Crippen LogP contribution in [0.5, 0.6) is 0 Å². The van der Waals surface area contributed by atoms with Crippen molar-refractivity contribution >= 4 is 12.0 Å². The van der Waals surface area contributed by atoms with Crippen LogP contribution in [0.3, 0.4) is 0 Å². The number of ether oxygens (including phenoxy) is 1. The third kappa shape index (κ3) is 4.08. The topological polar surface area (TPSA) is 93.9 Å². The summed E-state index contributed by atoms with van der Waals surface area (Å²) in [5, 5.41) is 18.1. The van der Waals surface area contributed by atoms with Crippen LogP contribution in [0.4, 0.5) is 4.79 Å². The molecule has 0 aromatic rings. The summed E-state index contributed by atoms with van der Waals surface area (Å²) in [5.41, 5.74) is 0. The number of aliphatic carboxylic acids is 1. The lowest BCUT2D eigenvalue weighted by molar-refractivity contribution is -0.142. The lowest BCUT2D eigenvalue weighted by atomic mass is 10.0. The second-order valence-corrected chi connectivity index (χ2v) is 5.19. The van der Waals surface area contributed by atoms with Crippen LogP contribution in [0.15, 0.2) is 0 Å². The van der Waals surface area contributed by atoms with E-state index in [0.29, 0.717) is 19.6 Å². The summed E-state index contributed by atoms with van der Waals surface area (Å²) in [5.74, 6) is -1.90. The number of carbonyl (C=O) groups excluding carboxylic acids is 1. The van der Waals surface area contributed by atoms with E-state index in [1.165, 1.54) is 0 Å². The van der Waals surface area contributed by atoms with Crippen molar-refractivity contribution in [2.24, 2.45) is 11.8 Å². The van der Waals surface area contributed by atoms with Crippen molar-refractivity contribution in [3.63, 3.8) is 0 Å². The highest BCUT2D eigenvalue weighted by Gasteiger charge is 2.40.